The molecule has 4 aromatic carbocycles. The highest BCUT2D eigenvalue weighted by Crippen LogP contribution is 2.43. The number of amides is 2. The van der Waals surface area contributed by atoms with Crippen molar-refractivity contribution in [3.8, 4) is 11.4 Å². The number of sulfonamides is 1. The molecule has 5 aromatic rings. The lowest BCUT2D eigenvalue weighted by Crippen LogP contribution is -2.35. The molecule has 2 amide bonds. The van der Waals surface area contributed by atoms with Crippen molar-refractivity contribution >= 4 is 55.3 Å². The molecule has 2 heterocycles. The fourth-order valence-electron chi connectivity index (χ4n) is 9.04. The summed E-state index contributed by atoms with van der Waals surface area (Å²) in [5.41, 5.74) is 5.35. The molecule has 10 nitrogen and oxygen atoms in total. The summed E-state index contributed by atoms with van der Waals surface area (Å²) >= 11 is 0. The minimum Gasteiger partial charge on any atom is -0.327 e. The van der Waals surface area contributed by atoms with E-state index in [1.807, 2.05) is 48.8 Å². The molecule has 11 heteroatoms. The molecule has 58 heavy (non-hydrogen) atoms. The first-order valence-electron chi connectivity index (χ1n) is 20.4. The van der Waals surface area contributed by atoms with E-state index in [0.29, 0.717) is 28.1 Å². The normalized spacial score (nSPS) is 19.7. The van der Waals surface area contributed by atoms with Crippen LogP contribution in [0.5, 0.6) is 0 Å². The van der Waals surface area contributed by atoms with Crippen molar-refractivity contribution in [3.05, 3.63) is 120 Å². The van der Waals surface area contributed by atoms with Crippen molar-refractivity contribution < 1.29 is 22.8 Å². The van der Waals surface area contributed by atoms with Gasteiger partial charge >= 0.3 is 0 Å². The van der Waals surface area contributed by atoms with Gasteiger partial charge in [0.05, 0.1) is 17.1 Å². The Balaban J connectivity index is 0.869. The van der Waals surface area contributed by atoms with E-state index in [-0.39, 0.29) is 29.7 Å². The summed E-state index contributed by atoms with van der Waals surface area (Å²) in [4.78, 5) is 50.1. The molecular formula is C47H49N5O5S. The largest absolute Gasteiger partial charge is 0.327 e. The maximum atomic E-state index is 13.7. The van der Waals surface area contributed by atoms with Crippen molar-refractivity contribution in [1.82, 2.24) is 14.9 Å². The number of benzene rings is 4. The lowest BCUT2D eigenvalue weighted by molar-refractivity contribution is -0.118. The number of Topliss-reactive ketones (excluding diaryl/α,β-unsaturated/α-hetero) is 1. The van der Waals surface area contributed by atoms with Gasteiger partial charge in [-0.3, -0.25) is 18.7 Å². The van der Waals surface area contributed by atoms with Crippen LogP contribution in [0.15, 0.2) is 108 Å². The summed E-state index contributed by atoms with van der Waals surface area (Å²) in [6.07, 6.45) is 16.6. The number of anilines is 2. The van der Waals surface area contributed by atoms with Crippen molar-refractivity contribution in [2.24, 2.45) is 17.8 Å². The first kappa shape index (κ1) is 39.2. The Kier molecular flexibility index (Phi) is 11.2. The smallest absolute Gasteiger partial charge is 0.265 e. The number of ketones is 1. The Labute approximate surface area is 340 Å². The van der Waals surface area contributed by atoms with Gasteiger partial charge in [0.2, 0.25) is 5.91 Å². The van der Waals surface area contributed by atoms with Crippen molar-refractivity contribution in [3.63, 3.8) is 0 Å². The van der Waals surface area contributed by atoms with Crippen LogP contribution in [0.4, 0.5) is 11.4 Å². The molecule has 1 unspecified atom stereocenters. The van der Waals surface area contributed by atoms with Crippen molar-refractivity contribution in [1.29, 1.82) is 0 Å². The van der Waals surface area contributed by atoms with Gasteiger partial charge in [-0.2, -0.15) is 0 Å². The average molecular weight is 796 g/mol. The van der Waals surface area contributed by atoms with Crippen LogP contribution >= 0.6 is 0 Å². The van der Waals surface area contributed by atoms with Crippen LogP contribution in [0.25, 0.3) is 27.7 Å². The number of aromatic nitrogens is 2. The van der Waals surface area contributed by atoms with Gasteiger partial charge in [0.15, 0.2) is 5.82 Å². The molecule has 3 aliphatic rings. The van der Waals surface area contributed by atoms with Gasteiger partial charge in [-0.15, -0.1) is 0 Å². The number of hydrogen-bond donors (Lipinski definition) is 1. The van der Waals surface area contributed by atoms with E-state index in [1.165, 1.54) is 55.9 Å². The highest BCUT2D eigenvalue weighted by atomic mass is 32.2. The van der Waals surface area contributed by atoms with Gasteiger partial charge in [0.25, 0.3) is 15.9 Å². The summed E-state index contributed by atoms with van der Waals surface area (Å²) in [5, 5.41) is 4.14. The predicted molar refractivity (Wildman–Crippen MR) is 227 cm³/mol. The van der Waals surface area contributed by atoms with Crippen molar-refractivity contribution in [2.45, 2.75) is 76.7 Å². The summed E-state index contributed by atoms with van der Waals surface area (Å²) < 4.78 is 27.7. The summed E-state index contributed by atoms with van der Waals surface area (Å²) in [6.45, 7) is 3.51. The molecule has 1 aromatic heterocycles. The number of hydrogen-bond acceptors (Lipinski definition) is 7. The topological polar surface area (TPSA) is 130 Å². The lowest BCUT2D eigenvalue weighted by Gasteiger charge is -2.35. The molecule has 0 radical (unpaired) electrons. The highest BCUT2D eigenvalue weighted by Gasteiger charge is 2.36. The number of nitrogens with zero attached hydrogens (tertiary/aromatic N) is 4. The van der Waals surface area contributed by atoms with E-state index >= 15 is 0 Å². The molecule has 2 aliphatic carbocycles. The molecular weight excluding hydrogens is 747 g/mol. The zero-order valence-electron chi connectivity index (χ0n) is 33.1. The minimum atomic E-state index is -3.89. The fourth-order valence-corrected chi connectivity index (χ4v) is 10.7. The summed E-state index contributed by atoms with van der Waals surface area (Å²) in [7, 11) is -3.89. The van der Waals surface area contributed by atoms with Gasteiger partial charge in [-0.25, -0.2) is 18.4 Å². The molecule has 0 spiro atoms. The number of carbonyl (C=O) groups is 3. The average Bonchev–Trinajstić information content (AvgIpc) is 3.46. The predicted octanol–water partition coefficient (Wildman–Crippen LogP) is 9.08. The molecule has 0 bridgehead atoms. The fraction of sp³-hybridized carbons (Fsp3) is 0.340. The first-order valence-corrected chi connectivity index (χ1v) is 21.8. The van der Waals surface area contributed by atoms with E-state index in [4.69, 9.17) is 9.97 Å². The van der Waals surface area contributed by atoms with E-state index in [9.17, 15) is 22.8 Å². The van der Waals surface area contributed by atoms with Crippen LogP contribution in [-0.2, 0) is 26.2 Å². The van der Waals surface area contributed by atoms with Gasteiger partial charge in [0.1, 0.15) is 12.3 Å². The first-order chi connectivity index (χ1) is 28.1. The standard InChI is InChI=1S/C47H49N5O5S/c1-3-32-10-14-34(15-11-32)35-18-20-36(21-19-35)40-26-48-46(49-27-40)38-16-12-33(13-17-38)29-51(28-31(2)53)47(55)39-22-24-41(25-23-39)50-44(54)30-52-42-8-4-6-37-7-5-9-43(45(37)42)58(52,56)57/h4-9,12-13,16-17,20,22-27,32,34-35H,3,10-11,14-15,18-19,21,28-30H2,1-2H3,(H,50,54). The Morgan fingerprint density at radius 3 is 2.19 bits per heavy atom. The molecule has 8 rings (SSSR count). The quantitative estimate of drug-likeness (QED) is 0.133. The third-order valence-corrected chi connectivity index (χ3v) is 14.1. The third kappa shape index (κ3) is 8.18. The van der Waals surface area contributed by atoms with Gasteiger partial charge < -0.3 is 10.2 Å². The number of rotatable bonds is 12. The van der Waals surface area contributed by atoms with E-state index in [2.05, 4.69) is 18.3 Å². The SMILES string of the molecule is CCC1CCC(C2CC=C(c3cnc(-c4ccc(CN(CC(C)=O)C(=O)c5ccc(NC(=O)CN6c7cccc8cccc(c78)S6(=O)=O)cc5)cc4)nc3)CC2)CC1. The van der Waals surface area contributed by atoms with Crippen molar-refractivity contribution in [2.75, 3.05) is 22.7 Å². The minimum absolute atomic E-state index is 0.0698. The second kappa shape index (κ2) is 16.7. The highest BCUT2D eigenvalue weighted by molar-refractivity contribution is 7.93. The van der Waals surface area contributed by atoms with E-state index in [1.54, 1.807) is 48.5 Å². The zero-order valence-corrected chi connectivity index (χ0v) is 33.9. The Morgan fingerprint density at radius 2 is 1.53 bits per heavy atom. The Morgan fingerprint density at radius 1 is 0.828 bits per heavy atom. The molecule has 1 atom stereocenters. The van der Waals surface area contributed by atoms with Crippen LogP contribution in [0, 0.1) is 17.8 Å². The summed E-state index contributed by atoms with van der Waals surface area (Å²) in [6, 6.07) is 24.4. The van der Waals surface area contributed by atoms with Gasteiger partial charge in [-0.05, 0) is 110 Å². The van der Waals surface area contributed by atoms with Crippen LogP contribution in [0.3, 0.4) is 0 Å². The van der Waals surface area contributed by atoms with Crippen LogP contribution in [-0.4, -0.2) is 54.0 Å². The van der Waals surface area contributed by atoms with Gasteiger partial charge in [-0.1, -0.05) is 80.8 Å². The molecule has 298 valence electrons. The molecule has 1 fully saturated rings. The van der Waals surface area contributed by atoms with Crippen LogP contribution in [0.1, 0.15) is 86.7 Å². The molecule has 1 saturated carbocycles. The maximum absolute atomic E-state index is 13.7. The third-order valence-electron chi connectivity index (χ3n) is 12.3. The van der Waals surface area contributed by atoms with E-state index < -0.39 is 22.5 Å². The number of allylic oxidation sites excluding steroid dienone is 2. The monoisotopic (exact) mass is 795 g/mol. The zero-order chi connectivity index (χ0) is 40.4. The van der Waals surface area contributed by atoms with Crippen LogP contribution < -0.4 is 9.62 Å². The second-order valence-electron chi connectivity index (χ2n) is 16.1. The lowest BCUT2D eigenvalue weighted by atomic mass is 9.71. The maximum Gasteiger partial charge on any atom is 0.265 e. The Bertz CT molecular complexity index is 2470. The molecule has 1 aliphatic heterocycles. The van der Waals surface area contributed by atoms with E-state index in [0.717, 1.165) is 57.0 Å². The molecule has 0 saturated heterocycles. The number of nitrogens with one attached hydrogen (secondary N) is 1. The number of carbonyl (C=O) groups excluding carboxylic acids is 3. The van der Waals surface area contributed by atoms with Gasteiger partial charge in [0, 0.05) is 46.7 Å². The second-order valence-corrected chi connectivity index (χ2v) is 17.9. The van der Waals surface area contributed by atoms with Crippen LogP contribution in [0.2, 0.25) is 0 Å². The summed E-state index contributed by atoms with van der Waals surface area (Å²) in [5.74, 6) is 2.22. The Hall–Kier alpha value is -5.68. The molecule has 1 N–H and O–H groups in total.